The lowest BCUT2D eigenvalue weighted by atomic mass is 9.91. The molecule has 3 aliphatic rings. The molecule has 1 aromatic heterocycles. The van der Waals surface area contributed by atoms with Gasteiger partial charge in [0.2, 0.25) is 5.91 Å². The van der Waals surface area contributed by atoms with E-state index in [0.29, 0.717) is 18.5 Å². The number of aromatic nitrogens is 1. The minimum atomic E-state index is 0.293. The van der Waals surface area contributed by atoms with Gasteiger partial charge in [-0.3, -0.25) is 14.6 Å². The van der Waals surface area contributed by atoms with Gasteiger partial charge < -0.3 is 10.2 Å². The molecule has 0 radical (unpaired) electrons. The van der Waals surface area contributed by atoms with Crippen LogP contribution in [0.1, 0.15) is 57.2 Å². The predicted octanol–water partition coefficient (Wildman–Crippen LogP) is 2.74. The summed E-state index contributed by atoms with van der Waals surface area (Å²) in [5.74, 6) is 1.29. The van der Waals surface area contributed by atoms with Crippen LogP contribution in [0.4, 0.5) is 5.82 Å². The molecule has 1 saturated heterocycles. The molecule has 1 aromatic rings. The van der Waals surface area contributed by atoms with Crippen molar-refractivity contribution in [2.24, 2.45) is 0 Å². The summed E-state index contributed by atoms with van der Waals surface area (Å²) in [4.78, 5) is 24.6. The fourth-order valence-corrected chi connectivity index (χ4v) is 4.77. The highest BCUT2D eigenvalue weighted by Crippen LogP contribution is 2.26. The van der Waals surface area contributed by atoms with Crippen molar-refractivity contribution >= 4 is 11.7 Å². The van der Waals surface area contributed by atoms with Crippen LogP contribution in [0.25, 0.3) is 0 Å². The first kappa shape index (κ1) is 20.6. The van der Waals surface area contributed by atoms with Crippen LogP contribution in [0, 0.1) is 0 Å². The first-order chi connectivity index (χ1) is 14.2. The Morgan fingerprint density at radius 3 is 2.55 bits per heavy atom. The molecule has 6 heteroatoms. The van der Waals surface area contributed by atoms with Crippen molar-refractivity contribution in [3.8, 4) is 0 Å². The summed E-state index contributed by atoms with van der Waals surface area (Å²) in [6.45, 7) is 10.6. The standard InChI is InChI=1S/C23H37N5O/c1-3-19(4-2)24-22-9-8-18-16-26(11-10-21(18)25-22)17-23(29)28-14-12-27(13-15-28)20-6-5-7-20/h8-9,19-20H,3-7,10-17H2,1-2H3,(H,24,25). The Bertz CT molecular complexity index is 693. The van der Waals surface area contributed by atoms with Gasteiger partial charge in [-0.1, -0.05) is 26.3 Å². The minimum Gasteiger partial charge on any atom is -0.367 e. The number of nitrogens with one attached hydrogen (secondary N) is 1. The highest BCUT2D eigenvalue weighted by Gasteiger charge is 2.30. The van der Waals surface area contributed by atoms with Gasteiger partial charge in [0.25, 0.3) is 0 Å². The van der Waals surface area contributed by atoms with E-state index in [-0.39, 0.29) is 0 Å². The van der Waals surface area contributed by atoms with Crippen molar-refractivity contribution in [1.82, 2.24) is 19.7 Å². The zero-order chi connectivity index (χ0) is 20.2. The molecule has 160 valence electrons. The molecule has 1 saturated carbocycles. The Balaban J connectivity index is 1.27. The Kier molecular flexibility index (Phi) is 6.70. The minimum absolute atomic E-state index is 0.293. The normalized spacial score (nSPS) is 21.1. The lowest BCUT2D eigenvalue weighted by Gasteiger charge is -2.43. The summed E-state index contributed by atoms with van der Waals surface area (Å²) in [6, 6.07) is 5.58. The molecule has 2 fully saturated rings. The first-order valence-electron chi connectivity index (χ1n) is 11.7. The zero-order valence-corrected chi connectivity index (χ0v) is 18.2. The van der Waals surface area contributed by atoms with Crippen LogP contribution in [-0.2, 0) is 17.8 Å². The molecule has 0 bridgehead atoms. The summed E-state index contributed by atoms with van der Waals surface area (Å²) in [7, 11) is 0. The lowest BCUT2D eigenvalue weighted by molar-refractivity contribution is -0.135. The van der Waals surface area contributed by atoms with Crippen LogP contribution in [0.5, 0.6) is 0 Å². The SMILES string of the molecule is CCC(CC)Nc1ccc2c(n1)CCN(CC(=O)N1CCN(C3CCC3)CC1)C2. The monoisotopic (exact) mass is 399 g/mol. The number of hydrogen-bond acceptors (Lipinski definition) is 5. The van der Waals surface area contributed by atoms with Gasteiger partial charge in [-0.25, -0.2) is 4.98 Å². The van der Waals surface area contributed by atoms with Crippen molar-refractivity contribution in [1.29, 1.82) is 0 Å². The third-order valence-electron chi connectivity index (χ3n) is 7.08. The Labute approximate surface area is 175 Å². The maximum absolute atomic E-state index is 12.8. The number of hydrogen-bond donors (Lipinski definition) is 1. The fraction of sp³-hybridized carbons (Fsp3) is 0.739. The number of amides is 1. The van der Waals surface area contributed by atoms with Crippen LogP contribution < -0.4 is 5.32 Å². The van der Waals surface area contributed by atoms with Crippen LogP contribution in [0.2, 0.25) is 0 Å². The summed E-state index contributed by atoms with van der Waals surface area (Å²) in [5, 5.41) is 3.55. The third-order valence-corrected chi connectivity index (χ3v) is 7.08. The van der Waals surface area contributed by atoms with E-state index in [1.54, 1.807) is 0 Å². The Hall–Kier alpha value is -1.66. The molecule has 2 aliphatic heterocycles. The molecule has 1 amide bonds. The largest absolute Gasteiger partial charge is 0.367 e. The van der Waals surface area contributed by atoms with E-state index in [9.17, 15) is 4.79 Å². The average Bonchev–Trinajstić information content (AvgIpc) is 2.71. The van der Waals surface area contributed by atoms with Gasteiger partial charge in [0.1, 0.15) is 5.82 Å². The van der Waals surface area contributed by atoms with Gasteiger partial charge >= 0.3 is 0 Å². The zero-order valence-electron chi connectivity index (χ0n) is 18.2. The Morgan fingerprint density at radius 1 is 1.14 bits per heavy atom. The Morgan fingerprint density at radius 2 is 1.90 bits per heavy atom. The molecule has 0 spiro atoms. The number of piperazine rings is 1. The highest BCUT2D eigenvalue weighted by atomic mass is 16.2. The van der Waals surface area contributed by atoms with Gasteiger partial charge in [-0.05, 0) is 37.3 Å². The molecule has 1 N–H and O–H groups in total. The average molecular weight is 400 g/mol. The number of nitrogens with zero attached hydrogens (tertiary/aromatic N) is 4. The summed E-state index contributed by atoms with van der Waals surface area (Å²) < 4.78 is 0. The molecule has 6 nitrogen and oxygen atoms in total. The van der Waals surface area contributed by atoms with Crippen LogP contribution >= 0.6 is 0 Å². The maximum Gasteiger partial charge on any atom is 0.236 e. The molecule has 29 heavy (non-hydrogen) atoms. The van der Waals surface area contributed by atoms with Crippen molar-refractivity contribution in [3.05, 3.63) is 23.4 Å². The predicted molar refractivity (Wildman–Crippen MR) is 117 cm³/mol. The first-order valence-corrected chi connectivity index (χ1v) is 11.7. The quantitative estimate of drug-likeness (QED) is 0.764. The van der Waals surface area contributed by atoms with Gasteiger partial charge in [-0.2, -0.15) is 0 Å². The molecule has 3 heterocycles. The topological polar surface area (TPSA) is 51.7 Å². The highest BCUT2D eigenvalue weighted by molar-refractivity contribution is 5.78. The van der Waals surface area contributed by atoms with E-state index in [2.05, 4.69) is 46.0 Å². The van der Waals surface area contributed by atoms with Gasteiger partial charge in [0.05, 0.1) is 6.54 Å². The van der Waals surface area contributed by atoms with E-state index in [1.807, 2.05) is 0 Å². The fourth-order valence-electron chi connectivity index (χ4n) is 4.77. The second-order valence-corrected chi connectivity index (χ2v) is 8.92. The molecule has 1 aliphatic carbocycles. The molecule has 0 aromatic carbocycles. The second-order valence-electron chi connectivity index (χ2n) is 8.92. The summed E-state index contributed by atoms with van der Waals surface area (Å²) in [6.07, 6.45) is 7.23. The van der Waals surface area contributed by atoms with Crippen molar-refractivity contribution in [2.45, 2.75) is 71.0 Å². The van der Waals surface area contributed by atoms with E-state index in [4.69, 9.17) is 4.98 Å². The van der Waals surface area contributed by atoms with Crippen molar-refractivity contribution in [3.63, 3.8) is 0 Å². The summed E-state index contributed by atoms with van der Waals surface area (Å²) >= 11 is 0. The van der Waals surface area contributed by atoms with E-state index in [1.165, 1.54) is 30.5 Å². The van der Waals surface area contributed by atoms with Crippen LogP contribution in [0.15, 0.2) is 12.1 Å². The van der Waals surface area contributed by atoms with Crippen LogP contribution in [0.3, 0.4) is 0 Å². The van der Waals surface area contributed by atoms with Crippen LogP contribution in [-0.4, -0.2) is 76.9 Å². The number of anilines is 1. The number of carbonyl (C=O) groups is 1. The number of carbonyl (C=O) groups excluding carboxylic acids is 1. The van der Waals surface area contributed by atoms with E-state index in [0.717, 1.165) is 70.4 Å². The molecule has 0 atom stereocenters. The van der Waals surface area contributed by atoms with E-state index >= 15 is 0 Å². The second kappa shape index (κ2) is 9.43. The molecular formula is C23H37N5O. The maximum atomic E-state index is 12.8. The van der Waals surface area contributed by atoms with Crippen molar-refractivity contribution in [2.75, 3.05) is 44.6 Å². The smallest absolute Gasteiger partial charge is 0.236 e. The number of pyridine rings is 1. The third kappa shape index (κ3) is 4.92. The van der Waals surface area contributed by atoms with E-state index < -0.39 is 0 Å². The number of rotatable bonds is 7. The van der Waals surface area contributed by atoms with Gasteiger partial charge in [-0.15, -0.1) is 0 Å². The molecule has 4 rings (SSSR count). The number of fused-ring (bicyclic) bond motifs is 1. The van der Waals surface area contributed by atoms with Gasteiger partial charge in [0.15, 0.2) is 0 Å². The molecular weight excluding hydrogens is 362 g/mol. The van der Waals surface area contributed by atoms with Gasteiger partial charge in [0, 0.05) is 63.5 Å². The lowest BCUT2D eigenvalue weighted by Crippen LogP contribution is -2.55. The van der Waals surface area contributed by atoms with Crippen molar-refractivity contribution < 1.29 is 4.79 Å². The molecule has 0 unspecified atom stereocenters. The summed E-state index contributed by atoms with van der Waals surface area (Å²) in [5.41, 5.74) is 2.47.